The van der Waals surface area contributed by atoms with Gasteiger partial charge in [0.15, 0.2) is 0 Å². The van der Waals surface area contributed by atoms with Crippen LogP contribution in [0.2, 0.25) is 0 Å². The molecule has 0 aromatic heterocycles. The number of amides is 2. The standard InChI is InChI=1S/C10H14N2O5/c1-2-3-4-5-11-10(17)12-7(9(15)16)6-8(13)14/h1,7H,3-6H2,(H,13,14)(H,15,16)(H2,11,12,17). The number of rotatable bonds is 7. The van der Waals surface area contributed by atoms with Crippen molar-refractivity contribution in [3.63, 3.8) is 0 Å². The smallest absolute Gasteiger partial charge is 0.326 e. The second-order valence-corrected chi connectivity index (χ2v) is 3.20. The van der Waals surface area contributed by atoms with Crippen LogP contribution >= 0.6 is 0 Å². The number of terminal acetylenes is 1. The molecule has 0 spiro atoms. The Balaban J connectivity index is 4.01. The molecule has 0 radical (unpaired) electrons. The van der Waals surface area contributed by atoms with Gasteiger partial charge in [0.05, 0.1) is 6.42 Å². The van der Waals surface area contributed by atoms with Gasteiger partial charge in [0, 0.05) is 13.0 Å². The summed E-state index contributed by atoms with van der Waals surface area (Å²) in [4.78, 5) is 32.1. The van der Waals surface area contributed by atoms with Crippen LogP contribution in [0.1, 0.15) is 19.3 Å². The first-order chi connectivity index (χ1) is 7.97. The van der Waals surface area contributed by atoms with Gasteiger partial charge in [-0.15, -0.1) is 12.3 Å². The molecule has 0 aliphatic heterocycles. The van der Waals surface area contributed by atoms with Gasteiger partial charge in [0.1, 0.15) is 6.04 Å². The molecular weight excluding hydrogens is 228 g/mol. The summed E-state index contributed by atoms with van der Waals surface area (Å²) in [6, 6.07) is -2.17. The second kappa shape index (κ2) is 7.98. The van der Waals surface area contributed by atoms with Crippen LogP contribution in [0.5, 0.6) is 0 Å². The normalized spacial score (nSPS) is 11.0. The largest absolute Gasteiger partial charge is 0.481 e. The van der Waals surface area contributed by atoms with Crippen LogP contribution in [0.3, 0.4) is 0 Å². The highest BCUT2D eigenvalue weighted by molar-refractivity contribution is 5.86. The zero-order valence-corrected chi connectivity index (χ0v) is 9.10. The molecule has 94 valence electrons. The van der Waals surface area contributed by atoms with Crippen molar-refractivity contribution in [1.29, 1.82) is 0 Å². The van der Waals surface area contributed by atoms with Gasteiger partial charge in [-0.25, -0.2) is 9.59 Å². The van der Waals surface area contributed by atoms with Crippen LogP contribution in [-0.4, -0.2) is 40.8 Å². The number of aliphatic carboxylic acids is 2. The van der Waals surface area contributed by atoms with Gasteiger partial charge < -0.3 is 20.8 Å². The third-order valence-corrected chi connectivity index (χ3v) is 1.77. The van der Waals surface area contributed by atoms with Crippen molar-refractivity contribution < 1.29 is 24.6 Å². The van der Waals surface area contributed by atoms with E-state index in [-0.39, 0.29) is 0 Å². The molecule has 0 aromatic carbocycles. The minimum atomic E-state index is -1.44. The van der Waals surface area contributed by atoms with Crippen LogP contribution in [0.15, 0.2) is 0 Å². The average Bonchev–Trinajstić information content (AvgIpc) is 2.22. The van der Waals surface area contributed by atoms with E-state index in [2.05, 4.69) is 11.2 Å². The van der Waals surface area contributed by atoms with Crippen molar-refractivity contribution in [1.82, 2.24) is 10.6 Å². The Hall–Kier alpha value is -2.23. The summed E-state index contributed by atoms with van der Waals surface area (Å²) >= 11 is 0. The number of carboxylic acids is 2. The summed E-state index contributed by atoms with van der Waals surface area (Å²) in [7, 11) is 0. The molecule has 0 saturated heterocycles. The highest BCUT2D eigenvalue weighted by Crippen LogP contribution is 1.92. The monoisotopic (exact) mass is 242 g/mol. The van der Waals surface area contributed by atoms with E-state index in [1.807, 2.05) is 5.32 Å². The maximum absolute atomic E-state index is 11.2. The molecule has 1 atom stereocenters. The van der Waals surface area contributed by atoms with Crippen LogP contribution in [-0.2, 0) is 9.59 Å². The van der Waals surface area contributed by atoms with Crippen LogP contribution in [0.25, 0.3) is 0 Å². The molecule has 0 aliphatic rings. The van der Waals surface area contributed by atoms with E-state index in [1.165, 1.54) is 0 Å². The van der Waals surface area contributed by atoms with E-state index in [9.17, 15) is 14.4 Å². The second-order valence-electron chi connectivity index (χ2n) is 3.20. The number of carbonyl (C=O) groups excluding carboxylic acids is 1. The van der Waals surface area contributed by atoms with Crippen molar-refractivity contribution in [2.45, 2.75) is 25.3 Å². The van der Waals surface area contributed by atoms with Gasteiger partial charge >= 0.3 is 18.0 Å². The number of urea groups is 1. The molecule has 0 aliphatic carbocycles. The molecular formula is C10H14N2O5. The fourth-order valence-corrected chi connectivity index (χ4v) is 0.976. The average molecular weight is 242 g/mol. The zero-order valence-electron chi connectivity index (χ0n) is 9.10. The lowest BCUT2D eigenvalue weighted by atomic mass is 10.2. The quantitative estimate of drug-likeness (QED) is 0.359. The highest BCUT2D eigenvalue weighted by Gasteiger charge is 2.22. The van der Waals surface area contributed by atoms with E-state index < -0.39 is 30.4 Å². The molecule has 0 saturated carbocycles. The molecule has 2 amide bonds. The van der Waals surface area contributed by atoms with Gasteiger partial charge in [-0.2, -0.15) is 0 Å². The lowest BCUT2D eigenvalue weighted by Gasteiger charge is -2.12. The summed E-state index contributed by atoms with van der Waals surface area (Å²) in [5.41, 5.74) is 0. The third-order valence-electron chi connectivity index (χ3n) is 1.77. The Kier molecular flexibility index (Phi) is 6.94. The Labute approximate surface area is 98.2 Å². The third kappa shape index (κ3) is 7.67. The predicted molar refractivity (Wildman–Crippen MR) is 58.3 cm³/mol. The molecule has 7 nitrogen and oxygen atoms in total. The van der Waals surface area contributed by atoms with E-state index in [0.29, 0.717) is 19.4 Å². The lowest BCUT2D eigenvalue weighted by Crippen LogP contribution is -2.47. The highest BCUT2D eigenvalue weighted by atomic mass is 16.4. The summed E-state index contributed by atoms with van der Waals surface area (Å²) in [6.45, 7) is 0.301. The van der Waals surface area contributed by atoms with Gasteiger partial charge in [-0.05, 0) is 6.42 Å². The molecule has 17 heavy (non-hydrogen) atoms. The maximum atomic E-state index is 11.2. The van der Waals surface area contributed by atoms with Gasteiger partial charge in [-0.3, -0.25) is 4.79 Å². The number of unbranched alkanes of at least 4 members (excludes halogenated alkanes) is 1. The Bertz CT molecular complexity index is 334. The van der Waals surface area contributed by atoms with Crippen molar-refractivity contribution in [3.05, 3.63) is 0 Å². The number of carbonyl (C=O) groups is 3. The summed E-state index contributed by atoms with van der Waals surface area (Å²) in [6.07, 6.45) is 5.39. The molecule has 7 heteroatoms. The topological polar surface area (TPSA) is 116 Å². The van der Waals surface area contributed by atoms with Crippen LogP contribution < -0.4 is 10.6 Å². The van der Waals surface area contributed by atoms with Crippen LogP contribution in [0, 0.1) is 12.3 Å². The molecule has 0 rings (SSSR count). The molecule has 0 heterocycles. The van der Waals surface area contributed by atoms with Crippen molar-refractivity contribution in [2.75, 3.05) is 6.54 Å². The number of carboxylic acid groups (broad SMARTS) is 2. The predicted octanol–water partition coefficient (Wildman–Crippen LogP) is -0.373. The fourth-order valence-electron chi connectivity index (χ4n) is 0.976. The van der Waals surface area contributed by atoms with E-state index in [0.717, 1.165) is 0 Å². The van der Waals surface area contributed by atoms with Gasteiger partial charge in [-0.1, -0.05) is 0 Å². The molecule has 0 fully saturated rings. The molecule has 1 unspecified atom stereocenters. The minimum absolute atomic E-state index is 0.301. The van der Waals surface area contributed by atoms with E-state index in [4.69, 9.17) is 16.6 Å². The summed E-state index contributed by atoms with van der Waals surface area (Å²) < 4.78 is 0. The minimum Gasteiger partial charge on any atom is -0.481 e. The van der Waals surface area contributed by atoms with Crippen molar-refractivity contribution >= 4 is 18.0 Å². The Morgan fingerprint density at radius 3 is 2.41 bits per heavy atom. The first-order valence-electron chi connectivity index (χ1n) is 4.89. The van der Waals surface area contributed by atoms with Crippen molar-refractivity contribution in [3.8, 4) is 12.3 Å². The maximum Gasteiger partial charge on any atom is 0.326 e. The number of hydrogen-bond donors (Lipinski definition) is 4. The Morgan fingerprint density at radius 1 is 1.29 bits per heavy atom. The first-order valence-corrected chi connectivity index (χ1v) is 4.89. The van der Waals surface area contributed by atoms with Crippen LogP contribution in [0.4, 0.5) is 4.79 Å². The van der Waals surface area contributed by atoms with E-state index >= 15 is 0 Å². The summed E-state index contributed by atoms with van der Waals surface area (Å²) in [5.74, 6) is -0.315. The van der Waals surface area contributed by atoms with Gasteiger partial charge in [0.2, 0.25) is 0 Å². The number of hydrogen-bond acceptors (Lipinski definition) is 3. The number of nitrogens with one attached hydrogen (secondary N) is 2. The zero-order chi connectivity index (χ0) is 13.3. The fraction of sp³-hybridized carbons (Fsp3) is 0.500. The lowest BCUT2D eigenvalue weighted by molar-refractivity contribution is -0.145. The Morgan fingerprint density at radius 2 is 1.94 bits per heavy atom. The van der Waals surface area contributed by atoms with E-state index in [1.54, 1.807) is 0 Å². The molecule has 0 aromatic rings. The molecule has 4 N–H and O–H groups in total. The van der Waals surface area contributed by atoms with Crippen molar-refractivity contribution in [2.24, 2.45) is 0 Å². The summed E-state index contributed by atoms with van der Waals surface area (Å²) in [5, 5.41) is 21.5. The SMILES string of the molecule is C#CCCCNC(=O)NC(CC(=O)O)C(=O)O. The molecule has 0 bridgehead atoms. The first kappa shape index (κ1) is 14.8. The van der Waals surface area contributed by atoms with Gasteiger partial charge in [0.25, 0.3) is 0 Å².